The highest BCUT2D eigenvalue weighted by Crippen LogP contribution is 2.11. The fourth-order valence-corrected chi connectivity index (χ4v) is 1.67. The second-order valence-electron chi connectivity index (χ2n) is 3.88. The van der Waals surface area contributed by atoms with Crippen molar-refractivity contribution < 1.29 is 0 Å². The van der Waals surface area contributed by atoms with Gasteiger partial charge in [-0.2, -0.15) is 0 Å². The van der Waals surface area contributed by atoms with Gasteiger partial charge in [0.1, 0.15) is 5.82 Å². The molecule has 0 radical (unpaired) electrons. The van der Waals surface area contributed by atoms with E-state index in [1.807, 2.05) is 14.1 Å². The highest BCUT2D eigenvalue weighted by molar-refractivity contribution is 14.0. The summed E-state index contributed by atoms with van der Waals surface area (Å²) in [4.78, 5) is 11.1. The number of hydrogen-bond donors (Lipinski definition) is 0. The summed E-state index contributed by atoms with van der Waals surface area (Å²) >= 11 is 0. The Morgan fingerprint density at radius 2 is 1.53 bits per heavy atom. The van der Waals surface area contributed by atoms with Crippen LogP contribution < -0.4 is 0 Å². The molecule has 86 valence electrons. The van der Waals surface area contributed by atoms with E-state index in [1.54, 1.807) is 0 Å². The molecule has 0 aliphatic carbocycles. The van der Waals surface area contributed by atoms with Crippen molar-refractivity contribution in [3.8, 4) is 0 Å². The third-order valence-electron chi connectivity index (χ3n) is 2.28. The third kappa shape index (κ3) is 4.03. The van der Waals surface area contributed by atoms with E-state index in [2.05, 4.69) is 35.6 Å². The van der Waals surface area contributed by atoms with Crippen LogP contribution in [0.1, 0.15) is 29.7 Å². The van der Waals surface area contributed by atoms with Gasteiger partial charge in [-0.15, -0.1) is 24.0 Å². The van der Waals surface area contributed by atoms with Gasteiger partial charge in [0.25, 0.3) is 0 Å². The lowest BCUT2D eigenvalue weighted by Gasteiger charge is -2.12. The molecule has 0 fully saturated rings. The van der Waals surface area contributed by atoms with Gasteiger partial charge in [-0.05, 0) is 39.9 Å². The zero-order valence-electron chi connectivity index (χ0n) is 10.2. The molecule has 1 heterocycles. The van der Waals surface area contributed by atoms with E-state index in [4.69, 9.17) is 0 Å². The molecular formula is C11H20IN3. The summed E-state index contributed by atoms with van der Waals surface area (Å²) in [5.41, 5.74) is 3.53. The van der Waals surface area contributed by atoms with Crippen LogP contribution >= 0.6 is 24.0 Å². The molecule has 0 unspecified atom stereocenters. The Labute approximate surface area is 109 Å². The number of halogens is 1. The zero-order valence-corrected chi connectivity index (χ0v) is 12.5. The van der Waals surface area contributed by atoms with Gasteiger partial charge in [-0.3, -0.25) is 0 Å². The molecule has 0 aliphatic heterocycles. The summed E-state index contributed by atoms with van der Waals surface area (Å²) in [7, 11) is 4.06. The van der Waals surface area contributed by atoms with Crippen LogP contribution in [0.2, 0.25) is 0 Å². The molecule has 0 saturated carbocycles. The number of aromatic nitrogens is 2. The lowest BCUT2D eigenvalue weighted by molar-refractivity contribution is 0.389. The first kappa shape index (κ1) is 14.8. The van der Waals surface area contributed by atoms with Gasteiger partial charge >= 0.3 is 0 Å². The summed E-state index contributed by atoms with van der Waals surface area (Å²) in [6.07, 6.45) is 1.01. The first-order valence-corrected chi connectivity index (χ1v) is 5.02. The summed E-state index contributed by atoms with van der Waals surface area (Å²) in [6.45, 7) is 7.08. The van der Waals surface area contributed by atoms with Crippen LogP contribution in [0.25, 0.3) is 0 Å². The summed E-state index contributed by atoms with van der Waals surface area (Å²) in [5.74, 6) is 0.919. The Morgan fingerprint density at radius 3 is 1.87 bits per heavy atom. The molecule has 1 rings (SSSR count). The van der Waals surface area contributed by atoms with Crippen LogP contribution in [0.4, 0.5) is 0 Å². The normalized spacial score (nSPS) is 10.3. The van der Waals surface area contributed by atoms with Crippen LogP contribution in [0.5, 0.6) is 0 Å². The van der Waals surface area contributed by atoms with Crippen LogP contribution in [-0.4, -0.2) is 29.0 Å². The lowest BCUT2D eigenvalue weighted by Crippen LogP contribution is -2.15. The second-order valence-corrected chi connectivity index (χ2v) is 3.88. The van der Waals surface area contributed by atoms with Crippen molar-refractivity contribution in [1.82, 2.24) is 14.9 Å². The molecule has 4 heteroatoms. The molecule has 0 amide bonds. The van der Waals surface area contributed by atoms with Gasteiger partial charge in [0.05, 0.1) is 6.54 Å². The molecule has 0 spiro atoms. The fraction of sp³-hybridized carbons (Fsp3) is 0.636. The van der Waals surface area contributed by atoms with Gasteiger partial charge in [-0.1, -0.05) is 6.92 Å². The molecule has 0 bridgehead atoms. The van der Waals surface area contributed by atoms with Gasteiger partial charge in [-0.25, -0.2) is 9.97 Å². The first-order chi connectivity index (χ1) is 6.54. The lowest BCUT2D eigenvalue weighted by atomic mass is 10.1. The Bertz CT molecular complexity index is 301. The van der Waals surface area contributed by atoms with E-state index in [9.17, 15) is 0 Å². The summed E-state index contributed by atoms with van der Waals surface area (Å²) in [6, 6.07) is 0. The van der Waals surface area contributed by atoms with Crippen molar-refractivity contribution in [2.45, 2.75) is 33.7 Å². The second kappa shape index (κ2) is 6.37. The molecule has 15 heavy (non-hydrogen) atoms. The average Bonchev–Trinajstić information content (AvgIpc) is 2.01. The largest absolute Gasteiger partial charge is 0.302 e. The highest BCUT2D eigenvalue weighted by atomic mass is 127. The van der Waals surface area contributed by atoms with Crippen LogP contribution in [-0.2, 0) is 13.0 Å². The van der Waals surface area contributed by atoms with Crippen molar-refractivity contribution >= 4 is 24.0 Å². The highest BCUT2D eigenvalue weighted by Gasteiger charge is 2.06. The number of hydrogen-bond acceptors (Lipinski definition) is 3. The maximum Gasteiger partial charge on any atom is 0.142 e. The molecule has 1 aromatic rings. The van der Waals surface area contributed by atoms with Crippen molar-refractivity contribution in [3.63, 3.8) is 0 Å². The molecule has 0 aromatic carbocycles. The van der Waals surface area contributed by atoms with E-state index in [-0.39, 0.29) is 24.0 Å². The fourth-order valence-electron chi connectivity index (χ4n) is 1.67. The molecule has 0 N–H and O–H groups in total. The van der Waals surface area contributed by atoms with Crippen LogP contribution in [0, 0.1) is 13.8 Å². The minimum Gasteiger partial charge on any atom is -0.302 e. The zero-order chi connectivity index (χ0) is 10.7. The molecule has 0 saturated heterocycles. The molecule has 1 aromatic heterocycles. The van der Waals surface area contributed by atoms with Crippen LogP contribution in [0.3, 0.4) is 0 Å². The number of nitrogens with zero attached hydrogens (tertiary/aromatic N) is 3. The predicted molar refractivity (Wildman–Crippen MR) is 73.7 cm³/mol. The SMILES string of the molecule is CCc1c(C)nc(CN(C)C)nc1C.I. The van der Waals surface area contributed by atoms with Gasteiger partial charge in [0.2, 0.25) is 0 Å². The standard InChI is InChI=1S/C11H19N3.HI/c1-6-10-8(2)12-11(7-14(4)5)13-9(10)3;/h6-7H2,1-5H3;1H. The minimum absolute atomic E-state index is 0. The molecule has 0 atom stereocenters. The molecule has 0 aliphatic rings. The van der Waals surface area contributed by atoms with Gasteiger partial charge < -0.3 is 4.90 Å². The topological polar surface area (TPSA) is 29.0 Å². The smallest absolute Gasteiger partial charge is 0.142 e. The maximum atomic E-state index is 4.49. The van der Waals surface area contributed by atoms with Crippen molar-refractivity contribution in [2.24, 2.45) is 0 Å². The summed E-state index contributed by atoms with van der Waals surface area (Å²) < 4.78 is 0. The number of rotatable bonds is 3. The quantitative estimate of drug-likeness (QED) is 0.800. The van der Waals surface area contributed by atoms with E-state index >= 15 is 0 Å². The predicted octanol–water partition coefficient (Wildman–Crippen LogP) is 2.34. The maximum absolute atomic E-state index is 4.49. The van der Waals surface area contributed by atoms with E-state index < -0.39 is 0 Å². The summed E-state index contributed by atoms with van der Waals surface area (Å²) in [5, 5.41) is 0. The van der Waals surface area contributed by atoms with Crippen molar-refractivity contribution in [2.75, 3.05) is 14.1 Å². The Kier molecular flexibility index (Phi) is 6.28. The van der Waals surface area contributed by atoms with Gasteiger partial charge in [0.15, 0.2) is 0 Å². The third-order valence-corrected chi connectivity index (χ3v) is 2.28. The van der Waals surface area contributed by atoms with E-state index in [0.29, 0.717) is 0 Å². The van der Waals surface area contributed by atoms with E-state index in [1.165, 1.54) is 5.56 Å². The van der Waals surface area contributed by atoms with Crippen molar-refractivity contribution in [1.29, 1.82) is 0 Å². The average molecular weight is 321 g/mol. The Hall–Kier alpha value is -0.230. The molecular weight excluding hydrogens is 301 g/mol. The Morgan fingerprint density at radius 1 is 1.07 bits per heavy atom. The van der Waals surface area contributed by atoms with E-state index in [0.717, 1.165) is 30.2 Å². The number of aryl methyl sites for hydroxylation is 2. The first-order valence-electron chi connectivity index (χ1n) is 5.02. The molecule has 3 nitrogen and oxygen atoms in total. The van der Waals surface area contributed by atoms with Crippen LogP contribution in [0.15, 0.2) is 0 Å². The Balaban J connectivity index is 0.00000196. The van der Waals surface area contributed by atoms with Gasteiger partial charge in [0, 0.05) is 11.4 Å². The minimum atomic E-state index is 0. The monoisotopic (exact) mass is 321 g/mol. The van der Waals surface area contributed by atoms with Crippen molar-refractivity contribution in [3.05, 3.63) is 22.8 Å².